The van der Waals surface area contributed by atoms with Gasteiger partial charge < -0.3 is 80.8 Å². The maximum Gasteiger partial charge on any atom is 2.00 e. The summed E-state index contributed by atoms with van der Waals surface area (Å²) < 4.78 is 0. The van der Waals surface area contributed by atoms with Crippen LogP contribution in [0.5, 0.6) is 0 Å². The van der Waals surface area contributed by atoms with Gasteiger partial charge in [0.1, 0.15) is 0 Å². The Morgan fingerprint density at radius 3 is 0.333 bits per heavy atom. The fourth-order valence-electron chi connectivity index (χ4n) is 0. The first kappa shape index (κ1) is 176. The third kappa shape index (κ3) is 107. The normalized spacial score (nSPS) is 0. The predicted molar refractivity (Wildman–Crippen MR) is 27.4 cm³/mol. The predicted octanol–water partition coefficient (Wildman–Crippen LogP) is -11.3. The molecule has 12 N–H and O–H groups in total. The van der Waals surface area contributed by atoms with Crippen LogP contribution in [0.4, 0.5) is 0 Å². The SMILES string of the molecule is O.O.O.O.O.O.[Ba+2].[I-].[I-]. The van der Waals surface area contributed by atoms with Gasteiger partial charge in [-0.3, -0.25) is 0 Å². The minimum absolute atomic E-state index is 0. The second-order valence-corrected chi connectivity index (χ2v) is 0. The van der Waals surface area contributed by atoms with Gasteiger partial charge in [-0.25, -0.2) is 0 Å². The molecule has 0 aromatic carbocycles. The van der Waals surface area contributed by atoms with Crippen molar-refractivity contribution in [2.24, 2.45) is 0 Å². The van der Waals surface area contributed by atoms with Crippen molar-refractivity contribution < 1.29 is 80.8 Å². The van der Waals surface area contributed by atoms with Crippen molar-refractivity contribution >= 4 is 48.9 Å². The molecule has 0 fully saturated rings. The van der Waals surface area contributed by atoms with E-state index in [1.807, 2.05) is 0 Å². The van der Waals surface area contributed by atoms with E-state index in [0.717, 1.165) is 0 Å². The molecule has 0 aliphatic carbocycles. The smallest absolute Gasteiger partial charge is 1.00 e. The Balaban J connectivity index is 0. The van der Waals surface area contributed by atoms with E-state index in [9.17, 15) is 0 Å². The van der Waals surface area contributed by atoms with Gasteiger partial charge in [-0.05, 0) is 0 Å². The van der Waals surface area contributed by atoms with E-state index >= 15 is 0 Å². The molecule has 0 aromatic heterocycles. The molecule has 0 rings (SSSR count). The average Bonchev–Trinajstić information content (AvgIpc) is 0. The minimum Gasteiger partial charge on any atom is -1.00 e. The van der Waals surface area contributed by atoms with E-state index in [1.54, 1.807) is 0 Å². The molecule has 9 heteroatoms. The molecule has 0 aliphatic rings. The van der Waals surface area contributed by atoms with E-state index in [0.29, 0.717) is 0 Å². The Kier molecular flexibility index (Phi) is 2600. The molecule has 0 unspecified atom stereocenters. The molecule has 0 aromatic rings. The van der Waals surface area contributed by atoms with Crippen molar-refractivity contribution in [3.63, 3.8) is 0 Å². The topological polar surface area (TPSA) is 189 Å². The maximum absolute atomic E-state index is 0. The van der Waals surface area contributed by atoms with Gasteiger partial charge >= 0.3 is 48.9 Å². The van der Waals surface area contributed by atoms with Gasteiger partial charge in [0.15, 0.2) is 0 Å². The van der Waals surface area contributed by atoms with Crippen molar-refractivity contribution in [1.82, 2.24) is 0 Å². The molecule has 0 bridgehead atoms. The molecule has 0 aliphatic heterocycles. The zero-order chi connectivity index (χ0) is 0. The summed E-state index contributed by atoms with van der Waals surface area (Å²) in [6, 6.07) is 0. The minimum atomic E-state index is 0. The average molecular weight is 499 g/mol. The number of hydrogen-bond donors (Lipinski definition) is 0. The van der Waals surface area contributed by atoms with Crippen LogP contribution in [-0.4, -0.2) is 81.7 Å². The second kappa shape index (κ2) is 133. The summed E-state index contributed by atoms with van der Waals surface area (Å²) in [7, 11) is 0. The van der Waals surface area contributed by atoms with Crippen molar-refractivity contribution in [2.45, 2.75) is 0 Å². The Labute approximate surface area is 127 Å². The standard InChI is InChI=1S/Ba.2HI.6H2O/h;2*1H;6*1H2/q+2;;;;;;;;/p-2. The third-order valence-electron chi connectivity index (χ3n) is 0. The summed E-state index contributed by atoms with van der Waals surface area (Å²) in [6.07, 6.45) is 0. The van der Waals surface area contributed by atoms with Crippen molar-refractivity contribution in [3.8, 4) is 0 Å². The summed E-state index contributed by atoms with van der Waals surface area (Å²) in [5, 5.41) is 0. The van der Waals surface area contributed by atoms with Crippen LogP contribution in [0.1, 0.15) is 0 Å². The Hall–Kier alpha value is 2.79. The van der Waals surface area contributed by atoms with E-state index < -0.39 is 0 Å². The number of hydrogen-bond acceptors (Lipinski definition) is 0. The van der Waals surface area contributed by atoms with E-state index in [2.05, 4.69) is 0 Å². The summed E-state index contributed by atoms with van der Waals surface area (Å²) in [4.78, 5) is 0. The van der Waals surface area contributed by atoms with Gasteiger partial charge in [0.05, 0.1) is 0 Å². The van der Waals surface area contributed by atoms with Crippen LogP contribution in [0.15, 0.2) is 0 Å². The molecular weight excluding hydrogens is 487 g/mol. The van der Waals surface area contributed by atoms with Gasteiger partial charge in [-0.2, -0.15) is 0 Å². The Morgan fingerprint density at radius 2 is 0.333 bits per heavy atom. The third-order valence-corrected chi connectivity index (χ3v) is 0. The second-order valence-electron chi connectivity index (χ2n) is 0. The summed E-state index contributed by atoms with van der Waals surface area (Å²) in [5.41, 5.74) is 0. The van der Waals surface area contributed by atoms with Crippen LogP contribution in [0.3, 0.4) is 0 Å². The van der Waals surface area contributed by atoms with E-state index in [-0.39, 0.29) is 130 Å². The zero-order valence-electron chi connectivity index (χ0n) is 4.46. The van der Waals surface area contributed by atoms with Crippen LogP contribution in [0.2, 0.25) is 0 Å². The molecule has 0 saturated carbocycles. The molecule has 0 saturated heterocycles. The van der Waals surface area contributed by atoms with Crippen LogP contribution in [-0.2, 0) is 0 Å². The largest absolute Gasteiger partial charge is 2.00 e. The summed E-state index contributed by atoms with van der Waals surface area (Å²) >= 11 is 0. The first-order chi connectivity index (χ1) is 0. The molecule has 0 amide bonds. The first-order valence-corrected chi connectivity index (χ1v) is 0. The van der Waals surface area contributed by atoms with Gasteiger partial charge in [-0.1, -0.05) is 0 Å². The Bertz CT molecular complexity index is 11.0. The molecule has 0 spiro atoms. The van der Waals surface area contributed by atoms with Crippen molar-refractivity contribution in [3.05, 3.63) is 0 Å². The van der Waals surface area contributed by atoms with Gasteiger partial charge in [0, 0.05) is 0 Å². The quantitative estimate of drug-likeness (QED) is 0.226. The van der Waals surface area contributed by atoms with Gasteiger partial charge in [0.25, 0.3) is 0 Å². The van der Waals surface area contributed by atoms with Crippen molar-refractivity contribution in [2.75, 3.05) is 0 Å². The first-order valence-electron chi connectivity index (χ1n) is 0. The summed E-state index contributed by atoms with van der Waals surface area (Å²) in [6.45, 7) is 0. The molecule has 9 heavy (non-hydrogen) atoms. The van der Waals surface area contributed by atoms with Crippen LogP contribution in [0, 0.1) is 0 Å². The fraction of sp³-hybridized carbons (Fsp3) is 0. The molecule has 6 nitrogen and oxygen atoms in total. The van der Waals surface area contributed by atoms with Crippen molar-refractivity contribution in [1.29, 1.82) is 0 Å². The molecule has 0 atom stereocenters. The molecule has 0 radical (unpaired) electrons. The number of halogens is 2. The Morgan fingerprint density at radius 1 is 0.333 bits per heavy atom. The van der Waals surface area contributed by atoms with E-state index in [4.69, 9.17) is 0 Å². The fourth-order valence-corrected chi connectivity index (χ4v) is 0. The van der Waals surface area contributed by atoms with Crippen LogP contribution in [0.25, 0.3) is 0 Å². The van der Waals surface area contributed by atoms with E-state index in [1.165, 1.54) is 0 Å². The maximum atomic E-state index is 0. The molecule has 0 heterocycles. The van der Waals surface area contributed by atoms with Crippen LogP contribution < -0.4 is 48.0 Å². The molecule has 64 valence electrons. The zero-order valence-corrected chi connectivity index (χ0v) is 13.2. The number of rotatable bonds is 0. The summed E-state index contributed by atoms with van der Waals surface area (Å²) in [5.74, 6) is 0. The molecular formula is H12BaI2O6. The van der Waals surface area contributed by atoms with Gasteiger partial charge in [-0.15, -0.1) is 0 Å². The monoisotopic (exact) mass is 500 g/mol. The van der Waals surface area contributed by atoms with Crippen LogP contribution >= 0.6 is 0 Å². The van der Waals surface area contributed by atoms with Gasteiger partial charge in [0.2, 0.25) is 0 Å².